The van der Waals surface area contributed by atoms with Gasteiger partial charge in [0.05, 0.1) is 39.4 Å². The van der Waals surface area contributed by atoms with Gasteiger partial charge in [-0.1, -0.05) is 72.8 Å². The number of rotatable bonds is 3. The Labute approximate surface area is 236 Å². The fourth-order valence-electron chi connectivity index (χ4n) is 5.85. The molecule has 3 aromatic heterocycles. The summed E-state index contributed by atoms with van der Waals surface area (Å²) in [5, 5.41) is 14.0. The van der Waals surface area contributed by atoms with E-state index >= 15 is 0 Å². The molecule has 0 aliphatic carbocycles. The van der Waals surface area contributed by atoms with Crippen LogP contribution >= 0.6 is 0 Å². The minimum Gasteiger partial charge on any atom is -0.309 e. The highest BCUT2D eigenvalue weighted by Crippen LogP contribution is 2.36. The number of nitrogens with zero attached hydrogens (tertiary/aromatic N) is 4. The van der Waals surface area contributed by atoms with Crippen LogP contribution in [0.1, 0.15) is 5.56 Å². The van der Waals surface area contributed by atoms with Gasteiger partial charge in [-0.3, -0.25) is 4.98 Å². The van der Waals surface area contributed by atoms with Crippen molar-refractivity contribution in [2.45, 2.75) is 0 Å². The van der Waals surface area contributed by atoms with Gasteiger partial charge >= 0.3 is 0 Å². The normalized spacial score (nSPS) is 11.4. The summed E-state index contributed by atoms with van der Waals surface area (Å²) in [5.74, 6) is 0. The first-order valence-electron chi connectivity index (χ1n) is 13.6. The highest BCUT2D eigenvalue weighted by atomic mass is 15.0. The van der Waals surface area contributed by atoms with E-state index < -0.39 is 0 Å². The molecule has 0 unspecified atom stereocenters. The molecule has 0 aliphatic heterocycles. The third-order valence-corrected chi connectivity index (χ3v) is 7.85. The van der Waals surface area contributed by atoms with Gasteiger partial charge in [0, 0.05) is 39.0 Å². The van der Waals surface area contributed by atoms with Gasteiger partial charge in [-0.05, 0) is 65.7 Å². The van der Waals surface area contributed by atoms with Crippen LogP contribution in [0.5, 0.6) is 0 Å². The fourth-order valence-corrected chi connectivity index (χ4v) is 5.85. The van der Waals surface area contributed by atoms with Crippen molar-refractivity contribution in [3.8, 4) is 34.1 Å². The number of benzene rings is 5. The van der Waals surface area contributed by atoms with Crippen LogP contribution in [0.3, 0.4) is 0 Å². The van der Waals surface area contributed by atoms with Gasteiger partial charge in [0.25, 0.3) is 0 Å². The van der Waals surface area contributed by atoms with Crippen molar-refractivity contribution < 1.29 is 0 Å². The second kappa shape index (κ2) is 9.15. The molecule has 4 nitrogen and oxygen atoms in total. The Morgan fingerprint density at radius 1 is 0.561 bits per heavy atom. The molecule has 8 rings (SSSR count). The molecule has 8 aromatic rings. The third-order valence-electron chi connectivity index (χ3n) is 7.85. The Balaban J connectivity index is 1.23. The molecule has 5 aromatic carbocycles. The molecule has 0 aliphatic rings. The maximum Gasteiger partial charge on any atom is 0.0991 e. The Hall–Kier alpha value is -5.79. The van der Waals surface area contributed by atoms with Crippen LogP contribution < -0.4 is 0 Å². The highest BCUT2D eigenvalue weighted by Gasteiger charge is 2.14. The van der Waals surface area contributed by atoms with E-state index in [0.29, 0.717) is 5.56 Å². The van der Waals surface area contributed by atoms with E-state index in [0.717, 1.165) is 71.7 Å². The lowest BCUT2D eigenvalue weighted by atomic mass is 10.00. The quantitative estimate of drug-likeness (QED) is 0.217. The van der Waals surface area contributed by atoms with Crippen LogP contribution in [0.2, 0.25) is 0 Å². The van der Waals surface area contributed by atoms with Crippen LogP contribution in [-0.2, 0) is 0 Å². The number of pyridine rings is 2. The summed E-state index contributed by atoms with van der Waals surface area (Å²) in [7, 11) is 0. The Kier molecular flexibility index (Phi) is 5.16. The third kappa shape index (κ3) is 3.76. The van der Waals surface area contributed by atoms with Gasteiger partial charge in [0.2, 0.25) is 0 Å². The summed E-state index contributed by atoms with van der Waals surface area (Å²) in [6, 6.07) is 46.2. The number of nitriles is 1. The van der Waals surface area contributed by atoms with Gasteiger partial charge in [-0.15, -0.1) is 0 Å². The Morgan fingerprint density at radius 2 is 1.24 bits per heavy atom. The number of fused-ring (bicyclic) bond motifs is 6. The van der Waals surface area contributed by atoms with Crippen LogP contribution in [0, 0.1) is 11.3 Å². The van der Waals surface area contributed by atoms with Crippen LogP contribution in [0.25, 0.3) is 71.7 Å². The zero-order valence-electron chi connectivity index (χ0n) is 22.0. The predicted molar refractivity (Wildman–Crippen MR) is 167 cm³/mol. The van der Waals surface area contributed by atoms with Gasteiger partial charge in [0.1, 0.15) is 0 Å². The number of hydrogen-bond acceptors (Lipinski definition) is 3. The van der Waals surface area contributed by atoms with Crippen molar-refractivity contribution in [3.05, 3.63) is 139 Å². The molecule has 0 saturated carbocycles. The monoisotopic (exact) mass is 522 g/mol. The molecule has 0 saturated heterocycles. The molecule has 3 heterocycles. The molecule has 0 amide bonds. The van der Waals surface area contributed by atoms with Crippen molar-refractivity contribution in [1.29, 1.82) is 5.26 Å². The van der Waals surface area contributed by atoms with Crippen molar-refractivity contribution in [2.24, 2.45) is 0 Å². The molecular formula is C37H22N4. The van der Waals surface area contributed by atoms with E-state index in [1.165, 1.54) is 0 Å². The van der Waals surface area contributed by atoms with Crippen molar-refractivity contribution in [2.75, 3.05) is 0 Å². The van der Waals surface area contributed by atoms with Gasteiger partial charge < -0.3 is 4.57 Å². The van der Waals surface area contributed by atoms with E-state index in [4.69, 9.17) is 4.98 Å². The van der Waals surface area contributed by atoms with Crippen LogP contribution in [0.4, 0.5) is 0 Å². The van der Waals surface area contributed by atoms with Crippen LogP contribution in [0.15, 0.2) is 134 Å². The second-order valence-electron chi connectivity index (χ2n) is 10.2. The standard InChI is InChI=1S/C37H22N4/c38-23-24-8-18-34-31(21-24)32-22-29(16-19-35(32)41(34)30-6-2-1-3-7-30)25-9-11-26(12-10-25)33-17-15-28-14-13-27-5-4-20-39-36(27)37(28)40-33/h1-22H. The topological polar surface area (TPSA) is 54.5 Å². The Bertz CT molecular complexity index is 2310. The summed E-state index contributed by atoms with van der Waals surface area (Å²) < 4.78 is 2.27. The first kappa shape index (κ1) is 23.1. The molecule has 4 heteroatoms. The second-order valence-corrected chi connectivity index (χ2v) is 10.2. The number of aromatic nitrogens is 3. The number of hydrogen-bond donors (Lipinski definition) is 0. The maximum atomic E-state index is 9.59. The van der Waals surface area contributed by atoms with E-state index in [1.54, 1.807) is 0 Å². The molecular weight excluding hydrogens is 500 g/mol. The molecule has 41 heavy (non-hydrogen) atoms. The van der Waals surface area contributed by atoms with E-state index in [2.05, 4.69) is 113 Å². The van der Waals surface area contributed by atoms with Crippen molar-refractivity contribution in [3.63, 3.8) is 0 Å². The molecule has 0 spiro atoms. The average Bonchev–Trinajstić information content (AvgIpc) is 3.38. The van der Waals surface area contributed by atoms with E-state index in [1.807, 2.05) is 36.5 Å². The summed E-state index contributed by atoms with van der Waals surface area (Å²) >= 11 is 0. The molecule has 0 fully saturated rings. The smallest absolute Gasteiger partial charge is 0.0991 e. The lowest BCUT2D eigenvalue weighted by Crippen LogP contribution is -1.93. The molecule has 0 bridgehead atoms. The first-order chi connectivity index (χ1) is 20.3. The van der Waals surface area contributed by atoms with Crippen LogP contribution in [-0.4, -0.2) is 14.5 Å². The van der Waals surface area contributed by atoms with Gasteiger partial charge in [0.15, 0.2) is 0 Å². The lowest BCUT2D eigenvalue weighted by molar-refractivity contribution is 1.18. The van der Waals surface area contributed by atoms with Gasteiger partial charge in [-0.25, -0.2) is 4.98 Å². The first-order valence-corrected chi connectivity index (χ1v) is 13.6. The zero-order valence-corrected chi connectivity index (χ0v) is 22.0. The lowest BCUT2D eigenvalue weighted by Gasteiger charge is -2.09. The summed E-state index contributed by atoms with van der Waals surface area (Å²) in [5.41, 5.74) is 10.0. The SMILES string of the molecule is N#Cc1ccc2c(c1)c1cc(-c3ccc(-c4ccc5ccc6cccnc6c5n4)cc3)ccc1n2-c1ccccc1. The maximum absolute atomic E-state index is 9.59. The van der Waals surface area contributed by atoms with Crippen molar-refractivity contribution >= 4 is 43.6 Å². The Morgan fingerprint density at radius 3 is 2.05 bits per heavy atom. The average molecular weight is 523 g/mol. The van der Waals surface area contributed by atoms with Gasteiger partial charge in [-0.2, -0.15) is 5.26 Å². The van der Waals surface area contributed by atoms with E-state index in [9.17, 15) is 5.26 Å². The highest BCUT2D eigenvalue weighted by molar-refractivity contribution is 6.11. The zero-order chi connectivity index (χ0) is 27.3. The minimum absolute atomic E-state index is 0.658. The summed E-state index contributed by atoms with van der Waals surface area (Å²) in [4.78, 5) is 9.60. The molecule has 0 N–H and O–H groups in total. The largest absolute Gasteiger partial charge is 0.309 e. The molecule has 0 atom stereocenters. The predicted octanol–water partition coefficient (Wildman–Crippen LogP) is 9.09. The minimum atomic E-state index is 0.658. The fraction of sp³-hybridized carbons (Fsp3) is 0. The summed E-state index contributed by atoms with van der Waals surface area (Å²) in [6.45, 7) is 0. The van der Waals surface area contributed by atoms with Crippen molar-refractivity contribution in [1.82, 2.24) is 14.5 Å². The summed E-state index contributed by atoms with van der Waals surface area (Å²) in [6.07, 6.45) is 1.82. The molecule has 0 radical (unpaired) electrons. The van der Waals surface area contributed by atoms with E-state index in [-0.39, 0.29) is 0 Å². The number of para-hydroxylation sites is 1. The molecule has 190 valence electrons.